The van der Waals surface area contributed by atoms with Crippen molar-refractivity contribution in [2.75, 3.05) is 0 Å². The van der Waals surface area contributed by atoms with Gasteiger partial charge in [0.15, 0.2) is 5.58 Å². The summed E-state index contributed by atoms with van der Waals surface area (Å²) in [6.45, 7) is 0. The average molecular weight is 281 g/mol. The second kappa shape index (κ2) is 4.66. The minimum atomic E-state index is -0.327. The Bertz CT molecular complexity index is 667. The van der Waals surface area contributed by atoms with E-state index in [0.717, 1.165) is 22.8 Å². The van der Waals surface area contributed by atoms with Gasteiger partial charge < -0.3 is 4.42 Å². The largest absolute Gasteiger partial charge is 0.457 e. The van der Waals surface area contributed by atoms with Crippen LogP contribution in [0, 0.1) is 0 Å². The first-order valence-corrected chi connectivity index (χ1v) is 6.32. The van der Waals surface area contributed by atoms with Gasteiger partial charge in [0, 0.05) is 5.39 Å². The monoisotopic (exact) mass is 280 g/mol. The molecule has 2 heterocycles. The molecule has 0 saturated carbocycles. The van der Waals surface area contributed by atoms with E-state index in [1.807, 2.05) is 18.2 Å². The molecule has 18 heavy (non-hydrogen) atoms. The standard InChI is InChI=1S/C11H9ClN4OS/c12-7-3-1-2-6-4-9(17-11(6)7)10(15-13)8-5-14-18-16-8/h1-5,10,15H,13H2. The smallest absolute Gasteiger partial charge is 0.152 e. The minimum Gasteiger partial charge on any atom is -0.457 e. The van der Waals surface area contributed by atoms with Crippen molar-refractivity contribution in [3.05, 3.63) is 46.9 Å². The molecule has 0 bridgehead atoms. The SMILES string of the molecule is NNC(c1cnsn1)c1cc2cccc(Cl)c2o1. The molecule has 0 spiro atoms. The van der Waals surface area contributed by atoms with Gasteiger partial charge in [-0.1, -0.05) is 23.7 Å². The Morgan fingerprint density at radius 2 is 2.33 bits per heavy atom. The molecule has 0 aliphatic carbocycles. The van der Waals surface area contributed by atoms with E-state index in [4.69, 9.17) is 21.9 Å². The van der Waals surface area contributed by atoms with E-state index in [9.17, 15) is 0 Å². The van der Waals surface area contributed by atoms with E-state index in [-0.39, 0.29) is 6.04 Å². The summed E-state index contributed by atoms with van der Waals surface area (Å²) in [5.74, 6) is 6.21. The molecule has 0 saturated heterocycles. The van der Waals surface area contributed by atoms with Crippen LogP contribution in [0.3, 0.4) is 0 Å². The van der Waals surface area contributed by atoms with Crippen molar-refractivity contribution in [1.29, 1.82) is 0 Å². The van der Waals surface area contributed by atoms with Crippen LogP contribution in [0.15, 0.2) is 34.9 Å². The van der Waals surface area contributed by atoms with Gasteiger partial charge in [-0.15, -0.1) is 0 Å². The Balaban J connectivity index is 2.11. The molecule has 2 aromatic heterocycles. The van der Waals surface area contributed by atoms with Crippen molar-refractivity contribution in [3.63, 3.8) is 0 Å². The minimum absolute atomic E-state index is 0.327. The van der Waals surface area contributed by atoms with E-state index in [2.05, 4.69) is 14.2 Å². The number of rotatable bonds is 3. The van der Waals surface area contributed by atoms with Crippen LogP contribution in [-0.2, 0) is 0 Å². The number of hydrazine groups is 1. The molecule has 0 amide bonds. The number of halogens is 1. The number of para-hydroxylation sites is 1. The molecule has 3 rings (SSSR count). The lowest BCUT2D eigenvalue weighted by atomic mass is 10.1. The summed E-state index contributed by atoms with van der Waals surface area (Å²) in [4.78, 5) is 0. The quantitative estimate of drug-likeness (QED) is 0.569. The van der Waals surface area contributed by atoms with Crippen LogP contribution in [0.25, 0.3) is 11.0 Å². The Kier molecular flexibility index (Phi) is 3.00. The number of fused-ring (bicyclic) bond motifs is 1. The number of hydrogen-bond acceptors (Lipinski definition) is 6. The number of nitrogens with zero attached hydrogens (tertiary/aromatic N) is 2. The second-order valence-corrected chi connectivity index (χ2v) is 4.70. The molecule has 1 aromatic carbocycles. The highest BCUT2D eigenvalue weighted by atomic mass is 35.5. The number of nitrogens with one attached hydrogen (secondary N) is 1. The molecule has 0 aliphatic heterocycles. The first-order valence-electron chi connectivity index (χ1n) is 5.21. The summed E-state index contributed by atoms with van der Waals surface area (Å²) in [7, 11) is 0. The van der Waals surface area contributed by atoms with Gasteiger partial charge in [-0.25, -0.2) is 5.43 Å². The highest BCUT2D eigenvalue weighted by Gasteiger charge is 2.20. The van der Waals surface area contributed by atoms with Gasteiger partial charge in [0.1, 0.15) is 17.5 Å². The summed E-state index contributed by atoms with van der Waals surface area (Å²) >= 11 is 7.20. The van der Waals surface area contributed by atoms with E-state index >= 15 is 0 Å². The highest BCUT2D eigenvalue weighted by Crippen LogP contribution is 2.31. The Labute approximate surface area is 112 Å². The van der Waals surface area contributed by atoms with Crippen molar-refractivity contribution in [2.45, 2.75) is 6.04 Å². The average Bonchev–Trinajstić information content (AvgIpc) is 3.00. The number of aromatic nitrogens is 2. The predicted molar refractivity (Wildman–Crippen MR) is 70.3 cm³/mol. The van der Waals surface area contributed by atoms with Crippen LogP contribution in [-0.4, -0.2) is 8.75 Å². The maximum absolute atomic E-state index is 6.07. The zero-order valence-electron chi connectivity index (χ0n) is 9.13. The lowest BCUT2D eigenvalue weighted by molar-refractivity contribution is 0.473. The maximum atomic E-state index is 6.07. The number of benzene rings is 1. The van der Waals surface area contributed by atoms with Crippen molar-refractivity contribution in [2.24, 2.45) is 5.84 Å². The first kappa shape index (κ1) is 11.6. The van der Waals surface area contributed by atoms with Crippen LogP contribution in [0.1, 0.15) is 17.5 Å². The van der Waals surface area contributed by atoms with E-state index in [1.54, 1.807) is 12.3 Å². The molecule has 7 heteroatoms. The van der Waals surface area contributed by atoms with E-state index in [0.29, 0.717) is 16.4 Å². The lowest BCUT2D eigenvalue weighted by Crippen LogP contribution is -2.28. The zero-order chi connectivity index (χ0) is 12.5. The summed E-state index contributed by atoms with van der Waals surface area (Å²) in [5.41, 5.74) is 4.04. The number of nitrogens with two attached hydrogens (primary N) is 1. The normalized spacial score (nSPS) is 13.0. The third-order valence-corrected chi connectivity index (χ3v) is 3.43. The van der Waals surface area contributed by atoms with E-state index < -0.39 is 0 Å². The maximum Gasteiger partial charge on any atom is 0.152 e. The molecular weight excluding hydrogens is 272 g/mol. The van der Waals surface area contributed by atoms with Crippen molar-refractivity contribution in [3.8, 4) is 0 Å². The molecule has 0 radical (unpaired) electrons. The van der Waals surface area contributed by atoms with Crippen LogP contribution in [0.4, 0.5) is 0 Å². The van der Waals surface area contributed by atoms with Crippen molar-refractivity contribution in [1.82, 2.24) is 14.2 Å². The summed E-state index contributed by atoms with van der Waals surface area (Å²) in [6.07, 6.45) is 1.66. The molecule has 0 aliphatic rings. The van der Waals surface area contributed by atoms with Crippen LogP contribution in [0.2, 0.25) is 5.02 Å². The third-order valence-electron chi connectivity index (χ3n) is 2.64. The molecule has 3 aromatic rings. The highest BCUT2D eigenvalue weighted by molar-refractivity contribution is 6.99. The Morgan fingerprint density at radius 1 is 1.44 bits per heavy atom. The van der Waals surface area contributed by atoms with Crippen LogP contribution >= 0.6 is 23.3 Å². The van der Waals surface area contributed by atoms with Gasteiger partial charge in [0.25, 0.3) is 0 Å². The summed E-state index contributed by atoms with van der Waals surface area (Å²) < 4.78 is 13.8. The van der Waals surface area contributed by atoms with Gasteiger partial charge in [-0.05, 0) is 12.1 Å². The fraction of sp³-hybridized carbons (Fsp3) is 0.0909. The number of hydrogen-bond donors (Lipinski definition) is 2. The van der Waals surface area contributed by atoms with E-state index in [1.165, 1.54) is 0 Å². The van der Waals surface area contributed by atoms with Crippen molar-refractivity contribution >= 4 is 34.3 Å². The molecule has 1 atom stereocenters. The van der Waals surface area contributed by atoms with Gasteiger partial charge in [-0.2, -0.15) is 8.75 Å². The lowest BCUT2D eigenvalue weighted by Gasteiger charge is -2.08. The number of furan rings is 1. The van der Waals surface area contributed by atoms with Crippen molar-refractivity contribution < 1.29 is 4.42 Å². The zero-order valence-corrected chi connectivity index (χ0v) is 10.7. The first-order chi connectivity index (χ1) is 8.79. The fourth-order valence-electron chi connectivity index (χ4n) is 1.80. The topological polar surface area (TPSA) is 77.0 Å². The molecule has 0 fully saturated rings. The van der Waals surface area contributed by atoms with Crippen LogP contribution in [0.5, 0.6) is 0 Å². The fourth-order valence-corrected chi connectivity index (χ4v) is 2.47. The predicted octanol–water partition coefficient (Wildman–Crippen LogP) is 2.49. The summed E-state index contributed by atoms with van der Waals surface area (Å²) in [5, 5.41) is 1.51. The molecule has 92 valence electrons. The molecule has 5 nitrogen and oxygen atoms in total. The Hall–Kier alpha value is -1.47. The Morgan fingerprint density at radius 3 is 3.00 bits per heavy atom. The second-order valence-electron chi connectivity index (χ2n) is 3.74. The van der Waals surface area contributed by atoms with Gasteiger partial charge in [0.05, 0.1) is 22.9 Å². The third kappa shape index (κ3) is 1.89. The summed E-state index contributed by atoms with van der Waals surface area (Å²) in [6, 6.07) is 7.16. The molecule has 3 N–H and O–H groups in total. The van der Waals surface area contributed by atoms with Crippen LogP contribution < -0.4 is 11.3 Å². The molecule has 1 unspecified atom stereocenters. The van der Waals surface area contributed by atoms with Gasteiger partial charge in [-0.3, -0.25) is 5.84 Å². The van der Waals surface area contributed by atoms with Gasteiger partial charge >= 0.3 is 0 Å². The molecular formula is C11H9ClN4OS. The van der Waals surface area contributed by atoms with Gasteiger partial charge in [0.2, 0.25) is 0 Å².